The Bertz CT molecular complexity index is 425. The summed E-state index contributed by atoms with van der Waals surface area (Å²) in [5.74, 6) is 1.48. The van der Waals surface area contributed by atoms with Gasteiger partial charge in [-0.2, -0.15) is 0 Å². The second-order valence-corrected chi connectivity index (χ2v) is 4.00. The summed E-state index contributed by atoms with van der Waals surface area (Å²) in [6, 6.07) is 15.2. The molecule has 0 unspecified atom stereocenters. The van der Waals surface area contributed by atoms with Gasteiger partial charge >= 0.3 is 0 Å². The van der Waals surface area contributed by atoms with Crippen LogP contribution >= 0.6 is 25.3 Å². The van der Waals surface area contributed by atoms with E-state index in [-0.39, 0.29) is 0 Å². The average molecular weight is 234 g/mol. The fraction of sp³-hybridized carbons (Fsp3) is 0. The summed E-state index contributed by atoms with van der Waals surface area (Å²) in [5.41, 5.74) is 0. The summed E-state index contributed by atoms with van der Waals surface area (Å²) < 4.78 is 5.69. The van der Waals surface area contributed by atoms with Crippen LogP contribution < -0.4 is 4.74 Å². The molecular formula is C12H10OS2. The zero-order chi connectivity index (χ0) is 10.7. The minimum absolute atomic E-state index is 0.738. The van der Waals surface area contributed by atoms with Crippen LogP contribution in [-0.2, 0) is 0 Å². The molecule has 0 saturated carbocycles. The molecule has 0 aromatic heterocycles. The van der Waals surface area contributed by atoms with Gasteiger partial charge in [0.2, 0.25) is 0 Å². The predicted molar refractivity (Wildman–Crippen MR) is 67.5 cm³/mol. The first-order chi connectivity index (χ1) is 7.27. The van der Waals surface area contributed by atoms with Gasteiger partial charge in [0, 0.05) is 9.79 Å². The molecule has 0 radical (unpaired) electrons. The molecule has 0 aliphatic carbocycles. The van der Waals surface area contributed by atoms with E-state index in [1.807, 2.05) is 48.5 Å². The van der Waals surface area contributed by atoms with Gasteiger partial charge in [0.25, 0.3) is 0 Å². The third kappa shape index (κ3) is 2.49. The van der Waals surface area contributed by atoms with Crippen molar-refractivity contribution in [2.75, 3.05) is 0 Å². The summed E-state index contributed by atoms with van der Waals surface area (Å²) >= 11 is 8.62. The van der Waals surface area contributed by atoms with Crippen molar-refractivity contribution in [2.24, 2.45) is 0 Å². The van der Waals surface area contributed by atoms with E-state index in [1.54, 1.807) is 0 Å². The Morgan fingerprint density at radius 2 is 1.07 bits per heavy atom. The van der Waals surface area contributed by atoms with Crippen molar-refractivity contribution in [3.63, 3.8) is 0 Å². The second-order valence-electron chi connectivity index (χ2n) is 3.04. The van der Waals surface area contributed by atoms with E-state index in [0.29, 0.717) is 0 Å². The van der Waals surface area contributed by atoms with Crippen LogP contribution in [-0.4, -0.2) is 0 Å². The molecule has 0 bridgehead atoms. The van der Waals surface area contributed by atoms with E-state index in [2.05, 4.69) is 25.3 Å². The Balaban J connectivity index is 2.30. The SMILES string of the molecule is Sc1ccccc1Oc1ccccc1S. The van der Waals surface area contributed by atoms with Gasteiger partial charge in [0.05, 0.1) is 0 Å². The number of hydrogen-bond acceptors (Lipinski definition) is 3. The fourth-order valence-electron chi connectivity index (χ4n) is 1.21. The normalized spacial score (nSPS) is 10.0. The minimum Gasteiger partial charge on any atom is -0.455 e. The number of thiol groups is 2. The molecule has 0 aliphatic heterocycles. The molecule has 1 nitrogen and oxygen atoms in total. The highest BCUT2D eigenvalue weighted by Crippen LogP contribution is 2.31. The Morgan fingerprint density at radius 1 is 0.667 bits per heavy atom. The van der Waals surface area contributed by atoms with Crippen molar-refractivity contribution in [1.82, 2.24) is 0 Å². The van der Waals surface area contributed by atoms with Gasteiger partial charge in [0.15, 0.2) is 0 Å². The molecule has 0 N–H and O–H groups in total. The Labute approximate surface area is 99.9 Å². The van der Waals surface area contributed by atoms with E-state index >= 15 is 0 Å². The van der Waals surface area contributed by atoms with Gasteiger partial charge in [-0.1, -0.05) is 24.3 Å². The molecule has 15 heavy (non-hydrogen) atoms. The average Bonchev–Trinajstić information content (AvgIpc) is 2.24. The van der Waals surface area contributed by atoms with Crippen molar-refractivity contribution in [3.05, 3.63) is 48.5 Å². The molecule has 76 valence electrons. The maximum atomic E-state index is 5.69. The number of para-hydroxylation sites is 2. The molecule has 2 aromatic rings. The number of ether oxygens (including phenoxy) is 1. The molecule has 2 aromatic carbocycles. The Kier molecular flexibility index (Phi) is 3.23. The van der Waals surface area contributed by atoms with Crippen LogP contribution in [0.5, 0.6) is 11.5 Å². The number of rotatable bonds is 2. The lowest BCUT2D eigenvalue weighted by Gasteiger charge is -2.09. The fourth-order valence-corrected chi connectivity index (χ4v) is 1.62. The van der Waals surface area contributed by atoms with Gasteiger partial charge < -0.3 is 4.74 Å². The van der Waals surface area contributed by atoms with Crippen molar-refractivity contribution in [3.8, 4) is 11.5 Å². The van der Waals surface area contributed by atoms with Crippen LogP contribution in [0.1, 0.15) is 0 Å². The summed E-state index contributed by atoms with van der Waals surface area (Å²) in [6.45, 7) is 0. The molecule has 0 atom stereocenters. The molecule has 0 aliphatic rings. The van der Waals surface area contributed by atoms with Crippen LogP contribution in [0.4, 0.5) is 0 Å². The number of hydrogen-bond donors (Lipinski definition) is 2. The summed E-state index contributed by atoms with van der Waals surface area (Å²) in [4.78, 5) is 1.63. The zero-order valence-electron chi connectivity index (χ0n) is 7.92. The first-order valence-corrected chi connectivity index (χ1v) is 5.40. The maximum Gasteiger partial charge on any atom is 0.140 e. The molecule has 3 heteroatoms. The van der Waals surface area contributed by atoms with Crippen LogP contribution in [0.3, 0.4) is 0 Å². The molecule has 2 rings (SSSR count). The topological polar surface area (TPSA) is 9.23 Å². The van der Waals surface area contributed by atoms with E-state index in [0.717, 1.165) is 21.3 Å². The molecule has 0 fully saturated rings. The smallest absolute Gasteiger partial charge is 0.140 e. The number of benzene rings is 2. The van der Waals surface area contributed by atoms with Gasteiger partial charge in [-0.3, -0.25) is 0 Å². The third-order valence-electron chi connectivity index (χ3n) is 1.95. The lowest BCUT2D eigenvalue weighted by molar-refractivity contribution is 0.460. The van der Waals surface area contributed by atoms with Crippen LogP contribution in [0.2, 0.25) is 0 Å². The van der Waals surface area contributed by atoms with E-state index in [4.69, 9.17) is 4.74 Å². The van der Waals surface area contributed by atoms with Gasteiger partial charge in [0.1, 0.15) is 11.5 Å². The van der Waals surface area contributed by atoms with Crippen LogP contribution in [0.25, 0.3) is 0 Å². The van der Waals surface area contributed by atoms with Gasteiger partial charge in [-0.25, -0.2) is 0 Å². The van der Waals surface area contributed by atoms with Crippen LogP contribution in [0.15, 0.2) is 58.3 Å². The standard InChI is InChI=1S/C12H10OS2/c14-11-7-3-1-5-9(11)13-10-6-2-4-8-12(10)15/h1-8,14-15H. The lowest BCUT2D eigenvalue weighted by atomic mass is 10.3. The van der Waals surface area contributed by atoms with Crippen LogP contribution in [0, 0.1) is 0 Å². The Hall–Kier alpha value is -1.06. The van der Waals surface area contributed by atoms with Crippen molar-refractivity contribution < 1.29 is 4.74 Å². The van der Waals surface area contributed by atoms with E-state index < -0.39 is 0 Å². The molecule has 0 spiro atoms. The van der Waals surface area contributed by atoms with E-state index in [1.165, 1.54) is 0 Å². The summed E-state index contributed by atoms with van der Waals surface area (Å²) in [7, 11) is 0. The Morgan fingerprint density at radius 3 is 1.47 bits per heavy atom. The van der Waals surface area contributed by atoms with Crippen molar-refractivity contribution >= 4 is 25.3 Å². The van der Waals surface area contributed by atoms with Crippen molar-refractivity contribution in [2.45, 2.75) is 9.79 Å². The lowest BCUT2D eigenvalue weighted by Crippen LogP contribution is -1.86. The minimum atomic E-state index is 0.738. The first-order valence-electron chi connectivity index (χ1n) is 4.51. The van der Waals surface area contributed by atoms with E-state index in [9.17, 15) is 0 Å². The zero-order valence-corrected chi connectivity index (χ0v) is 9.71. The largest absolute Gasteiger partial charge is 0.455 e. The monoisotopic (exact) mass is 234 g/mol. The second kappa shape index (κ2) is 4.64. The third-order valence-corrected chi connectivity index (χ3v) is 2.69. The predicted octanol–water partition coefficient (Wildman–Crippen LogP) is 4.06. The molecule has 0 heterocycles. The van der Waals surface area contributed by atoms with Crippen molar-refractivity contribution in [1.29, 1.82) is 0 Å². The maximum absolute atomic E-state index is 5.69. The molecular weight excluding hydrogens is 224 g/mol. The highest BCUT2D eigenvalue weighted by atomic mass is 32.1. The van der Waals surface area contributed by atoms with Gasteiger partial charge in [-0.05, 0) is 24.3 Å². The molecule has 0 amide bonds. The summed E-state index contributed by atoms with van der Waals surface area (Å²) in [5, 5.41) is 0. The first kappa shape index (κ1) is 10.5. The van der Waals surface area contributed by atoms with Gasteiger partial charge in [-0.15, -0.1) is 25.3 Å². The highest BCUT2D eigenvalue weighted by molar-refractivity contribution is 7.80. The highest BCUT2D eigenvalue weighted by Gasteiger charge is 2.02. The quantitative estimate of drug-likeness (QED) is 0.745. The summed E-state index contributed by atoms with van der Waals surface area (Å²) in [6.07, 6.45) is 0. The molecule has 0 saturated heterocycles.